The van der Waals surface area contributed by atoms with Gasteiger partial charge < -0.3 is 15.2 Å². The highest BCUT2D eigenvalue weighted by atomic mass is 16.7. The van der Waals surface area contributed by atoms with Gasteiger partial charge >= 0.3 is 0 Å². The van der Waals surface area contributed by atoms with E-state index in [0.29, 0.717) is 13.3 Å². The topological polar surface area (TPSA) is 44.5 Å². The van der Waals surface area contributed by atoms with Crippen molar-refractivity contribution in [3.63, 3.8) is 0 Å². The first-order chi connectivity index (χ1) is 10.1. The number of hydrogen-bond donors (Lipinski definition) is 1. The van der Waals surface area contributed by atoms with Crippen LogP contribution in [0.3, 0.4) is 0 Å². The Labute approximate surface area is 125 Å². The predicted molar refractivity (Wildman–Crippen MR) is 83.9 cm³/mol. The Balaban J connectivity index is 1.94. The maximum absolute atomic E-state index is 6.11. The number of ether oxygens (including phenoxy) is 2. The highest BCUT2D eigenvalue weighted by molar-refractivity contribution is 5.47. The first-order valence-corrected chi connectivity index (χ1v) is 7.27. The molecule has 1 unspecified atom stereocenters. The van der Waals surface area contributed by atoms with Gasteiger partial charge in [-0.05, 0) is 42.2 Å². The lowest BCUT2D eigenvalue weighted by Gasteiger charge is -2.29. The van der Waals surface area contributed by atoms with Crippen molar-refractivity contribution in [1.82, 2.24) is 0 Å². The molecule has 0 fully saturated rings. The summed E-state index contributed by atoms with van der Waals surface area (Å²) in [5.74, 6) is 1.63. The van der Waals surface area contributed by atoms with E-state index in [2.05, 4.69) is 50.2 Å². The first-order valence-electron chi connectivity index (χ1n) is 7.27. The molecule has 0 bridgehead atoms. The van der Waals surface area contributed by atoms with Crippen molar-refractivity contribution >= 4 is 0 Å². The molecule has 0 spiro atoms. The smallest absolute Gasteiger partial charge is 0.231 e. The van der Waals surface area contributed by atoms with Crippen molar-refractivity contribution in [2.75, 3.05) is 13.3 Å². The fraction of sp³-hybridized carbons (Fsp3) is 0.333. The van der Waals surface area contributed by atoms with Gasteiger partial charge in [-0.15, -0.1) is 0 Å². The third-order valence-electron chi connectivity index (χ3n) is 4.36. The van der Waals surface area contributed by atoms with Gasteiger partial charge in [0.2, 0.25) is 6.79 Å². The van der Waals surface area contributed by atoms with Gasteiger partial charge in [-0.1, -0.05) is 37.3 Å². The summed E-state index contributed by atoms with van der Waals surface area (Å²) in [6.07, 6.45) is 0.913. The van der Waals surface area contributed by atoms with Gasteiger partial charge in [0.15, 0.2) is 11.5 Å². The zero-order valence-electron chi connectivity index (χ0n) is 12.6. The van der Waals surface area contributed by atoms with Gasteiger partial charge in [0, 0.05) is 12.0 Å². The Bertz CT molecular complexity index is 653. The van der Waals surface area contributed by atoms with Gasteiger partial charge in [0.1, 0.15) is 0 Å². The standard InChI is InChI=1S/C18H21NO2/c1-13-5-3-4-6-14(13)10-18(2,11-19)15-7-8-16-17(9-15)21-12-20-16/h3-9H,10-12,19H2,1-2H3. The van der Waals surface area contributed by atoms with Crippen LogP contribution in [0.4, 0.5) is 0 Å². The molecule has 2 aromatic rings. The number of nitrogens with two attached hydrogens (primary N) is 1. The van der Waals surface area contributed by atoms with Crippen molar-refractivity contribution in [3.05, 3.63) is 59.2 Å². The number of rotatable bonds is 4. The molecule has 1 aliphatic rings. The van der Waals surface area contributed by atoms with Crippen LogP contribution in [0, 0.1) is 6.92 Å². The Hall–Kier alpha value is -2.00. The maximum atomic E-state index is 6.11. The lowest BCUT2D eigenvalue weighted by Crippen LogP contribution is -2.34. The normalized spacial score (nSPS) is 15.8. The quantitative estimate of drug-likeness (QED) is 0.937. The maximum Gasteiger partial charge on any atom is 0.231 e. The molecule has 0 aromatic heterocycles. The molecule has 0 saturated heterocycles. The summed E-state index contributed by atoms with van der Waals surface area (Å²) >= 11 is 0. The lowest BCUT2D eigenvalue weighted by atomic mass is 9.76. The van der Waals surface area contributed by atoms with E-state index >= 15 is 0 Å². The monoisotopic (exact) mass is 283 g/mol. The second-order valence-electron chi connectivity index (χ2n) is 5.94. The van der Waals surface area contributed by atoms with E-state index < -0.39 is 0 Å². The van der Waals surface area contributed by atoms with Gasteiger partial charge in [-0.2, -0.15) is 0 Å². The Kier molecular flexibility index (Phi) is 3.60. The highest BCUT2D eigenvalue weighted by Gasteiger charge is 2.28. The van der Waals surface area contributed by atoms with E-state index in [1.165, 1.54) is 16.7 Å². The third kappa shape index (κ3) is 2.61. The summed E-state index contributed by atoms with van der Waals surface area (Å²) in [5.41, 5.74) is 9.82. The summed E-state index contributed by atoms with van der Waals surface area (Å²) in [6.45, 7) is 5.24. The van der Waals surface area contributed by atoms with Crippen molar-refractivity contribution in [1.29, 1.82) is 0 Å². The molecule has 2 aromatic carbocycles. The molecule has 0 aliphatic carbocycles. The summed E-state index contributed by atoms with van der Waals surface area (Å²) in [5, 5.41) is 0. The molecule has 0 amide bonds. The van der Waals surface area contributed by atoms with Crippen molar-refractivity contribution in [3.8, 4) is 11.5 Å². The molecule has 21 heavy (non-hydrogen) atoms. The average Bonchev–Trinajstić information content (AvgIpc) is 2.97. The second kappa shape index (κ2) is 5.41. The molecule has 2 N–H and O–H groups in total. The Morgan fingerprint density at radius 2 is 1.86 bits per heavy atom. The van der Waals surface area contributed by atoms with Crippen molar-refractivity contribution < 1.29 is 9.47 Å². The van der Waals surface area contributed by atoms with E-state index in [4.69, 9.17) is 15.2 Å². The lowest BCUT2D eigenvalue weighted by molar-refractivity contribution is 0.174. The van der Waals surface area contributed by atoms with Gasteiger partial charge in [0.05, 0.1) is 0 Å². The molecular weight excluding hydrogens is 262 g/mol. The van der Waals surface area contributed by atoms with Gasteiger partial charge in [-0.25, -0.2) is 0 Å². The number of aryl methyl sites for hydroxylation is 1. The van der Waals surface area contributed by atoms with E-state index in [1.54, 1.807) is 0 Å². The molecule has 0 saturated carbocycles. The minimum absolute atomic E-state index is 0.118. The molecular formula is C18H21NO2. The van der Waals surface area contributed by atoms with E-state index in [9.17, 15) is 0 Å². The SMILES string of the molecule is Cc1ccccc1CC(C)(CN)c1ccc2c(c1)OCO2. The molecule has 3 heteroatoms. The molecule has 1 atom stereocenters. The fourth-order valence-corrected chi connectivity index (χ4v) is 2.79. The highest BCUT2D eigenvalue weighted by Crippen LogP contribution is 2.37. The van der Waals surface area contributed by atoms with Crippen molar-refractivity contribution in [2.45, 2.75) is 25.7 Å². The van der Waals surface area contributed by atoms with E-state index in [1.807, 2.05) is 6.07 Å². The predicted octanol–water partition coefficient (Wildman–Crippen LogP) is 3.18. The minimum atomic E-state index is -0.118. The Morgan fingerprint density at radius 3 is 2.62 bits per heavy atom. The van der Waals surface area contributed by atoms with Gasteiger partial charge in [-0.3, -0.25) is 0 Å². The molecule has 110 valence electrons. The minimum Gasteiger partial charge on any atom is -0.454 e. The summed E-state index contributed by atoms with van der Waals surface area (Å²) in [7, 11) is 0. The van der Waals surface area contributed by atoms with Crippen LogP contribution in [0.25, 0.3) is 0 Å². The summed E-state index contributed by atoms with van der Waals surface area (Å²) < 4.78 is 10.9. The van der Waals surface area contributed by atoms with Crippen LogP contribution in [-0.2, 0) is 11.8 Å². The van der Waals surface area contributed by atoms with Crippen LogP contribution in [0.15, 0.2) is 42.5 Å². The molecule has 3 rings (SSSR count). The van der Waals surface area contributed by atoms with E-state index in [-0.39, 0.29) is 5.41 Å². The number of fused-ring (bicyclic) bond motifs is 1. The van der Waals surface area contributed by atoms with E-state index in [0.717, 1.165) is 17.9 Å². The molecule has 0 radical (unpaired) electrons. The summed E-state index contributed by atoms with van der Waals surface area (Å²) in [4.78, 5) is 0. The Morgan fingerprint density at radius 1 is 1.10 bits per heavy atom. The molecule has 1 heterocycles. The van der Waals surface area contributed by atoms with Crippen LogP contribution in [0.2, 0.25) is 0 Å². The zero-order chi connectivity index (χ0) is 14.9. The van der Waals surface area contributed by atoms with Crippen molar-refractivity contribution in [2.24, 2.45) is 5.73 Å². The third-order valence-corrected chi connectivity index (χ3v) is 4.36. The largest absolute Gasteiger partial charge is 0.454 e. The summed E-state index contributed by atoms with van der Waals surface area (Å²) in [6, 6.07) is 14.6. The van der Waals surface area contributed by atoms with Crippen LogP contribution >= 0.6 is 0 Å². The first kappa shape index (κ1) is 14.0. The van der Waals surface area contributed by atoms with Crippen LogP contribution in [0.5, 0.6) is 11.5 Å². The molecule has 3 nitrogen and oxygen atoms in total. The average molecular weight is 283 g/mol. The molecule has 1 aliphatic heterocycles. The second-order valence-corrected chi connectivity index (χ2v) is 5.94. The van der Waals surface area contributed by atoms with Crippen LogP contribution in [-0.4, -0.2) is 13.3 Å². The zero-order valence-corrected chi connectivity index (χ0v) is 12.6. The number of hydrogen-bond acceptors (Lipinski definition) is 3. The van der Waals surface area contributed by atoms with Gasteiger partial charge in [0.25, 0.3) is 0 Å². The fourth-order valence-electron chi connectivity index (χ4n) is 2.79. The van der Waals surface area contributed by atoms with Crippen LogP contribution in [0.1, 0.15) is 23.6 Å². The number of benzene rings is 2. The van der Waals surface area contributed by atoms with Crippen LogP contribution < -0.4 is 15.2 Å².